The van der Waals surface area contributed by atoms with Crippen molar-refractivity contribution < 1.29 is 18.7 Å². The van der Waals surface area contributed by atoms with E-state index in [0.29, 0.717) is 24.8 Å². The molecule has 25 heavy (non-hydrogen) atoms. The van der Waals surface area contributed by atoms with Gasteiger partial charge in [-0.15, -0.1) is 0 Å². The lowest BCUT2D eigenvalue weighted by Gasteiger charge is -2.34. The van der Waals surface area contributed by atoms with E-state index in [1.54, 1.807) is 11.0 Å². The molecule has 1 amide bonds. The zero-order valence-corrected chi connectivity index (χ0v) is 15.2. The Hall–Kier alpha value is -1.53. The number of halogens is 2. The molecule has 7 heteroatoms. The smallest absolute Gasteiger partial charge is 0.410 e. The van der Waals surface area contributed by atoms with Crippen molar-refractivity contribution >= 4 is 17.7 Å². The van der Waals surface area contributed by atoms with E-state index < -0.39 is 11.9 Å². The van der Waals surface area contributed by atoms with Gasteiger partial charge in [-0.1, -0.05) is 18.5 Å². The van der Waals surface area contributed by atoms with Crippen LogP contribution < -0.4 is 10.1 Å². The second kappa shape index (κ2) is 8.23. The average molecular weight is 371 g/mol. The number of nitrogens with one attached hydrogen (secondary N) is 1. The summed E-state index contributed by atoms with van der Waals surface area (Å²) in [5.74, 6) is 0.476. The fourth-order valence-electron chi connectivity index (χ4n) is 2.88. The molecular weight excluding hydrogens is 347 g/mol. The molecular formula is C18H24ClFN2O3. The maximum Gasteiger partial charge on any atom is 0.410 e. The number of piperazine rings is 1. The molecule has 1 aromatic rings. The van der Waals surface area contributed by atoms with Gasteiger partial charge in [0.2, 0.25) is 0 Å². The zero-order valence-electron chi connectivity index (χ0n) is 14.4. The molecule has 0 spiro atoms. The molecule has 1 N–H and O–H groups in total. The van der Waals surface area contributed by atoms with Crippen LogP contribution in [0.25, 0.3) is 0 Å². The minimum atomic E-state index is -0.515. The highest BCUT2D eigenvalue weighted by Gasteiger charge is 2.27. The Morgan fingerprint density at radius 3 is 2.92 bits per heavy atom. The predicted molar refractivity (Wildman–Crippen MR) is 93.5 cm³/mol. The minimum Gasteiger partial charge on any atom is -0.493 e. The molecule has 0 aromatic heterocycles. The van der Waals surface area contributed by atoms with Crippen molar-refractivity contribution in [1.29, 1.82) is 0 Å². The van der Waals surface area contributed by atoms with Gasteiger partial charge in [0.05, 0.1) is 11.6 Å². The highest BCUT2D eigenvalue weighted by Crippen LogP contribution is 2.31. The van der Waals surface area contributed by atoms with Crippen LogP contribution in [0.5, 0.6) is 5.75 Å². The number of ether oxygens (including phenoxy) is 2. The third-order valence-corrected chi connectivity index (χ3v) is 5.03. The Labute approximate surface area is 152 Å². The molecule has 2 fully saturated rings. The molecule has 5 nitrogen and oxygen atoms in total. The highest BCUT2D eigenvalue weighted by atomic mass is 35.5. The van der Waals surface area contributed by atoms with Crippen LogP contribution in [0.1, 0.15) is 31.7 Å². The molecule has 0 bridgehead atoms. The van der Waals surface area contributed by atoms with Gasteiger partial charge < -0.3 is 19.7 Å². The Morgan fingerprint density at radius 1 is 1.44 bits per heavy atom. The summed E-state index contributed by atoms with van der Waals surface area (Å²) in [5, 5.41) is 3.46. The summed E-state index contributed by atoms with van der Waals surface area (Å²) in [6, 6.07) is 2.98. The molecule has 0 radical (unpaired) electrons. The van der Waals surface area contributed by atoms with Gasteiger partial charge in [0.15, 0.2) is 0 Å². The first-order chi connectivity index (χ1) is 12.1. The van der Waals surface area contributed by atoms with Crippen LogP contribution in [0.15, 0.2) is 12.1 Å². The fourth-order valence-corrected chi connectivity index (χ4v) is 3.13. The summed E-state index contributed by atoms with van der Waals surface area (Å²) in [7, 11) is 0. The molecule has 1 aromatic carbocycles. The number of hydrogen-bond acceptors (Lipinski definition) is 4. The fraction of sp³-hybridized carbons (Fsp3) is 0.611. The Kier molecular flexibility index (Phi) is 6.02. The van der Waals surface area contributed by atoms with Gasteiger partial charge in [-0.05, 0) is 31.2 Å². The molecule has 1 aliphatic carbocycles. The first kappa shape index (κ1) is 18.3. The standard InChI is InChI=1S/C18H24ClFN2O3/c1-2-13-9-21-5-6-22(13)18(23)25-11-15-16(19)7-14(8-17(15)20)24-10-12-3-4-12/h7-8,12-13,21H,2-6,9-11H2,1H3/t13-/m1/s1. The quantitative estimate of drug-likeness (QED) is 0.831. The summed E-state index contributed by atoms with van der Waals surface area (Å²) in [6.45, 7) is 4.48. The Bertz CT molecular complexity index is 601. The van der Waals surface area contributed by atoms with Crippen LogP contribution in [0.3, 0.4) is 0 Å². The third kappa shape index (κ3) is 4.76. The van der Waals surface area contributed by atoms with E-state index in [4.69, 9.17) is 21.1 Å². The largest absolute Gasteiger partial charge is 0.493 e. The van der Waals surface area contributed by atoms with Crippen molar-refractivity contribution in [2.45, 2.75) is 38.8 Å². The van der Waals surface area contributed by atoms with E-state index in [2.05, 4.69) is 5.32 Å². The first-order valence-electron chi connectivity index (χ1n) is 8.83. The molecule has 3 rings (SSSR count). The number of carbonyl (C=O) groups is 1. The van der Waals surface area contributed by atoms with Crippen LogP contribution in [0.2, 0.25) is 5.02 Å². The molecule has 1 saturated heterocycles. The second-order valence-electron chi connectivity index (χ2n) is 6.63. The molecule has 2 aliphatic rings. The molecule has 1 atom stereocenters. The minimum absolute atomic E-state index is 0.0970. The van der Waals surface area contributed by atoms with E-state index in [1.807, 2.05) is 6.92 Å². The van der Waals surface area contributed by atoms with Crippen LogP contribution in [0.4, 0.5) is 9.18 Å². The summed E-state index contributed by atoms with van der Waals surface area (Å²) in [6.07, 6.45) is 2.73. The van der Waals surface area contributed by atoms with E-state index in [0.717, 1.165) is 32.4 Å². The SMILES string of the molecule is CC[C@@H]1CNCCN1C(=O)OCc1c(F)cc(OCC2CC2)cc1Cl. The van der Waals surface area contributed by atoms with Crippen molar-refractivity contribution in [2.75, 3.05) is 26.2 Å². The number of amides is 1. The number of carbonyl (C=O) groups excluding carboxylic acids is 1. The van der Waals surface area contributed by atoms with Gasteiger partial charge in [-0.2, -0.15) is 0 Å². The van der Waals surface area contributed by atoms with Crippen molar-refractivity contribution in [3.05, 3.63) is 28.5 Å². The number of nitrogens with zero attached hydrogens (tertiary/aromatic N) is 1. The van der Waals surface area contributed by atoms with Crippen LogP contribution in [-0.2, 0) is 11.3 Å². The van der Waals surface area contributed by atoms with Gasteiger partial charge in [0.25, 0.3) is 0 Å². The summed E-state index contributed by atoms with van der Waals surface area (Å²) in [4.78, 5) is 14.0. The number of rotatable bonds is 6. The van der Waals surface area contributed by atoms with Gasteiger partial charge in [-0.25, -0.2) is 9.18 Å². The summed E-state index contributed by atoms with van der Waals surface area (Å²) in [5.41, 5.74) is 0.178. The van der Waals surface area contributed by atoms with E-state index >= 15 is 0 Å². The molecule has 138 valence electrons. The molecule has 1 aliphatic heterocycles. The molecule has 1 heterocycles. The van der Waals surface area contributed by atoms with Crippen molar-refractivity contribution in [3.63, 3.8) is 0 Å². The van der Waals surface area contributed by atoms with Gasteiger partial charge >= 0.3 is 6.09 Å². The van der Waals surface area contributed by atoms with Crippen LogP contribution >= 0.6 is 11.6 Å². The maximum absolute atomic E-state index is 14.3. The summed E-state index contributed by atoms with van der Waals surface area (Å²) < 4.78 is 25.2. The topological polar surface area (TPSA) is 50.8 Å². The van der Waals surface area contributed by atoms with Crippen molar-refractivity contribution in [3.8, 4) is 5.75 Å². The average Bonchev–Trinajstić information content (AvgIpc) is 3.43. The second-order valence-corrected chi connectivity index (χ2v) is 7.04. The van der Waals surface area contributed by atoms with Crippen molar-refractivity contribution in [2.24, 2.45) is 5.92 Å². The van der Waals surface area contributed by atoms with E-state index in [1.165, 1.54) is 6.07 Å². The maximum atomic E-state index is 14.3. The molecule has 1 saturated carbocycles. The normalized spacial score (nSPS) is 20.4. The van der Waals surface area contributed by atoms with Gasteiger partial charge in [0, 0.05) is 37.3 Å². The Morgan fingerprint density at radius 2 is 2.24 bits per heavy atom. The number of benzene rings is 1. The first-order valence-corrected chi connectivity index (χ1v) is 9.21. The number of hydrogen-bond donors (Lipinski definition) is 1. The third-order valence-electron chi connectivity index (χ3n) is 4.69. The zero-order chi connectivity index (χ0) is 17.8. The monoisotopic (exact) mass is 370 g/mol. The van der Waals surface area contributed by atoms with Crippen molar-refractivity contribution in [1.82, 2.24) is 10.2 Å². The van der Waals surface area contributed by atoms with E-state index in [9.17, 15) is 9.18 Å². The lowest BCUT2D eigenvalue weighted by atomic mass is 10.1. The van der Waals surface area contributed by atoms with Gasteiger partial charge in [-0.3, -0.25) is 0 Å². The predicted octanol–water partition coefficient (Wildman–Crippen LogP) is 3.59. The highest BCUT2D eigenvalue weighted by molar-refractivity contribution is 6.31. The summed E-state index contributed by atoms with van der Waals surface area (Å²) >= 11 is 6.16. The Balaban J connectivity index is 1.58. The lowest BCUT2D eigenvalue weighted by molar-refractivity contribution is 0.0707. The van der Waals surface area contributed by atoms with Crippen LogP contribution in [-0.4, -0.2) is 43.3 Å². The lowest BCUT2D eigenvalue weighted by Crippen LogP contribution is -2.53. The van der Waals surface area contributed by atoms with Gasteiger partial charge in [0.1, 0.15) is 18.2 Å². The molecule has 0 unspecified atom stereocenters. The van der Waals surface area contributed by atoms with E-state index in [-0.39, 0.29) is 23.2 Å². The van der Waals surface area contributed by atoms with Crippen LogP contribution in [0, 0.1) is 11.7 Å².